The van der Waals surface area contributed by atoms with E-state index in [9.17, 15) is 4.79 Å². The minimum Gasteiger partial charge on any atom is -0.457 e. The SMILES string of the molecule is Cc1ccc(C(=O)OC2CSSC2)cc1.OC1CSSC1. The van der Waals surface area contributed by atoms with Crippen LogP contribution in [0, 0.1) is 6.92 Å². The number of esters is 1. The number of aliphatic hydroxyl groups excluding tert-OH is 1. The molecular formula is C14H18O3S4. The lowest BCUT2D eigenvalue weighted by Gasteiger charge is -2.09. The van der Waals surface area contributed by atoms with E-state index in [1.165, 1.54) is 0 Å². The second kappa shape index (κ2) is 9.25. The molecule has 1 N–H and O–H groups in total. The average Bonchev–Trinajstić information content (AvgIpc) is 3.14. The molecule has 0 bridgehead atoms. The Labute approximate surface area is 141 Å². The highest BCUT2D eigenvalue weighted by Crippen LogP contribution is 2.32. The summed E-state index contributed by atoms with van der Waals surface area (Å²) >= 11 is 0. The molecule has 2 aliphatic rings. The van der Waals surface area contributed by atoms with Gasteiger partial charge in [0.1, 0.15) is 6.10 Å². The molecule has 3 nitrogen and oxygen atoms in total. The molecule has 0 unspecified atom stereocenters. The lowest BCUT2D eigenvalue weighted by Crippen LogP contribution is -2.19. The first-order valence-corrected chi connectivity index (χ1v) is 11.6. The molecule has 1 aromatic rings. The maximum atomic E-state index is 11.7. The topological polar surface area (TPSA) is 46.5 Å². The molecule has 2 saturated heterocycles. The Balaban J connectivity index is 0.000000225. The molecule has 0 saturated carbocycles. The van der Waals surface area contributed by atoms with Crippen molar-refractivity contribution in [3.8, 4) is 0 Å². The first kappa shape index (κ1) is 17.4. The smallest absolute Gasteiger partial charge is 0.338 e. The Bertz CT molecular complexity index is 440. The van der Waals surface area contributed by atoms with E-state index in [1.54, 1.807) is 43.2 Å². The summed E-state index contributed by atoms with van der Waals surface area (Å²) in [4.78, 5) is 11.7. The van der Waals surface area contributed by atoms with Crippen molar-refractivity contribution in [1.29, 1.82) is 0 Å². The van der Waals surface area contributed by atoms with Crippen molar-refractivity contribution in [2.24, 2.45) is 0 Å². The van der Waals surface area contributed by atoms with E-state index >= 15 is 0 Å². The molecule has 2 heterocycles. The molecule has 2 aliphatic heterocycles. The molecule has 3 rings (SSSR count). The van der Waals surface area contributed by atoms with Crippen LogP contribution in [0.25, 0.3) is 0 Å². The second-order valence-electron chi connectivity index (χ2n) is 4.69. The van der Waals surface area contributed by atoms with E-state index in [0.29, 0.717) is 5.56 Å². The highest BCUT2D eigenvalue weighted by atomic mass is 33.1. The molecule has 0 aromatic heterocycles. The maximum absolute atomic E-state index is 11.7. The van der Waals surface area contributed by atoms with Crippen LogP contribution in [0.2, 0.25) is 0 Å². The number of aryl methyl sites for hydroxylation is 1. The third kappa shape index (κ3) is 6.36. The fourth-order valence-corrected chi connectivity index (χ4v) is 6.49. The van der Waals surface area contributed by atoms with Gasteiger partial charge >= 0.3 is 5.97 Å². The minimum atomic E-state index is -0.205. The lowest BCUT2D eigenvalue weighted by atomic mass is 10.1. The Hall–Kier alpha value is 0.0500. The summed E-state index contributed by atoms with van der Waals surface area (Å²) in [7, 11) is 7.02. The van der Waals surface area contributed by atoms with Crippen molar-refractivity contribution in [3.05, 3.63) is 35.4 Å². The van der Waals surface area contributed by atoms with Crippen molar-refractivity contribution >= 4 is 49.1 Å². The summed E-state index contributed by atoms with van der Waals surface area (Å²) < 4.78 is 5.36. The van der Waals surface area contributed by atoms with E-state index < -0.39 is 0 Å². The largest absolute Gasteiger partial charge is 0.457 e. The van der Waals surface area contributed by atoms with Gasteiger partial charge in [-0.05, 0) is 19.1 Å². The third-order valence-corrected chi connectivity index (χ3v) is 7.78. The van der Waals surface area contributed by atoms with Crippen LogP contribution in [0.15, 0.2) is 24.3 Å². The Morgan fingerprint density at radius 1 is 1.05 bits per heavy atom. The molecule has 0 radical (unpaired) electrons. The van der Waals surface area contributed by atoms with Gasteiger partial charge in [0, 0.05) is 23.0 Å². The van der Waals surface area contributed by atoms with Crippen molar-refractivity contribution in [3.63, 3.8) is 0 Å². The van der Waals surface area contributed by atoms with Gasteiger partial charge in [-0.3, -0.25) is 0 Å². The zero-order chi connectivity index (χ0) is 15.1. The number of hydrogen-bond donors (Lipinski definition) is 1. The van der Waals surface area contributed by atoms with E-state index in [-0.39, 0.29) is 18.2 Å². The third-order valence-electron chi connectivity index (χ3n) is 2.76. The number of hydrogen-bond acceptors (Lipinski definition) is 7. The van der Waals surface area contributed by atoms with Gasteiger partial charge in [-0.25, -0.2) is 4.79 Å². The number of carbonyl (C=O) groups excluding carboxylic acids is 1. The molecule has 7 heteroatoms. The standard InChI is InChI=1S/C11H12O2S2.C3H6OS2/c1-8-2-4-9(5-3-8)11(12)13-10-6-14-15-7-10;4-3-1-5-6-2-3/h2-5,10H,6-7H2,1H3;3-4H,1-2H2. The molecule has 21 heavy (non-hydrogen) atoms. The van der Waals surface area contributed by atoms with Crippen LogP contribution in [0.5, 0.6) is 0 Å². The normalized spacial score (nSPS) is 19.1. The van der Waals surface area contributed by atoms with Gasteiger partial charge in [-0.1, -0.05) is 60.9 Å². The lowest BCUT2D eigenvalue weighted by molar-refractivity contribution is 0.0397. The summed E-state index contributed by atoms with van der Waals surface area (Å²) in [5, 5.41) is 8.69. The van der Waals surface area contributed by atoms with Gasteiger partial charge in [0.05, 0.1) is 11.7 Å². The number of benzene rings is 1. The van der Waals surface area contributed by atoms with E-state index in [1.807, 2.05) is 31.2 Å². The zero-order valence-corrected chi connectivity index (χ0v) is 15.0. The fourth-order valence-electron chi connectivity index (χ4n) is 1.57. The quantitative estimate of drug-likeness (QED) is 0.636. The van der Waals surface area contributed by atoms with Crippen LogP contribution in [0.3, 0.4) is 0 Å². The molecule has 0 spiro atoms. The van der Waals surface area contributed by atoms with Crippen LogP contribution >= 0.6 is 43.2 Å². The Morgan fingerprint density at radius 3 is 2.05 bits per heavy atom. The predicted octanol–water partition coefficient (Wildman–Crippen LogP) is 3.66. The molecule has 2 fully saturated rings. The van der Waals surface area contributed by atoms with Crippen LogP contribution < -0.4 is 0 Å². The number of rotatable bonds is 2. The number of aliphatic hydroxyl groups is 1. The highest BCUT2D eigenvalue weighted by Gasteiger charge is 2.21. The highest BCUT2D eigenvalue weighted by molar-refractivity contribution is 8.77. The Morgan fingerprint density at radius 2 is 1.57 bits per heavy atom. The second-order valence-corrected chi connectivity index (χ2v) is 9.79. The van der Waals surface area contributed by atoms with Crippen LogP contribution in [0.1, 0.15) is 15.9 Å². The molecule has 116 valence electrons. The summed E-state index contributed by atoms with van der Waals surface area (Å²) in [5.41, 5.74) is 1.79. The fraction of sp³-hybridized carbons (Fsp3) is 0.500. The first-order valence-electron chi connectivity index (χ1n) is 6.59. The van der Waals surface area contributed by atoms with Crippen LogP contribution in [-0.2, 0) is 4.74 Å². The summed E-state index contributed by atoms with van der Waals surface area (Å²) in [6, 6.07) is 7.48. The molecular weight excluding hydrogens is 344 g/mol. The number of carbonyl (C=O) groups is 1. The van der Waals surface area contributed by atoms with Gasteiger partial charge in [0.2, 0.25) is 0 Å². The maximum Gasteiger partial charge on any atom is 0.338 e. The Kier molecular flexibility index (Phi) is 7.66. The average molecular weight is 363 g/mol. The summed E-state index contributed by atoms with van der Waals surface area (Å²) in [6.45, 7) is 2.00. The van der Waals surface area contributed by atoms with E-state index in [2.05, 4.69) is 0 Å². The van der Waals surface area contributed by atoms with Gasteiger partial charge in [0.15, 0.2) is 0 Å². The molecule has 0 aliphatic carbocycles. The van der Waals surface area contributed by atoms with E-state index in [4.69, 9.17) is 9.84 Å². The van der Waals surface area contributed by atoms with Gasteiger partial charge in [-0.2, -0.15) is 0 Å². The molecule has 0 amide bonds. The molecule has 0 atom stereocenters. The predicted molar refractivity (Wildman–Crippen MR) is 96.2 cm³/mol. The van der Waals surface area contributed by atoms with Crippen molar-refractivity contribution in [2.75, 3.05) is 23.0 Å². The van der Waals surface area contributed by atoms with Crippen molar-refractivity contribution < 1.29 is 14.6 Å². The van der Waals surface area contributed by atoms with Gasteiger partial charge in [-0.15, -0.1) is 0 Å². The van der Waals surface area contributed by atoms with Crippen LogP contribution in [-0.4, -0.2) is 46.3 Å². The van der Waals surface area contributed by atoms with E-state index in [0.717, 1.165) is 28.6 Å². The van der Waals surface area contributed by atoms with Crippen LogP contribution in [0.4, 0.5) is 0 Å². The van der Waals surface area contributed by atoms with Gasteiger partial charge < -0.3 is 9.84 Å². The monoisotopic (exact) mass is 362 g/mol. The van der Waals surface area contributed by atoms with Crippen molar-refractivity contribution in [2.45, 2.75) is 19.1 Å². The minimum absolute atomic E-state index is 0.0278. The zero-order valence-electron chi connectivity index (χ0n) is 11.7. The van der Waals surface area contributed by atoms with Gasteiger partial charge in [0.25, 0.3) is 0 Å². The number of ether oxygens (including phenoxy) is 1. The van der Waals surface area contributed by atoms with Crippen molar-refractivity contribution in [1.82, 2.24) is 0 Å². The molecule has 1 aromatic carbocycles. The summed E-state index contributed by atoms with van der Waals surface area (Å²) in [5.74, 6) is 3.45. The summed E-state index contributed by atoms with van der Waals surface area (Å²) in [6.07, 6.45) is 0.0498. The first-order chi connectivity index (χ1) is 10.1.